The van der Waals surface area contributed by atoms with E-state index in [1.807, 2.05) is 13.0 Å². The van der Waals surface area contributed by atoms with E-state index >= 15 is 0 Å². The van der Waals surface area contributed by atoms with Crippen LogP contribution >= 0.6 is 0 Å². The summed E-state index contributed by atoms with van der Waals surface area (Å²) in [6.45, 7) is 8.62. The Labute approximate surface area is 127 Å². The summed E-state index contributed by atoms with van der Waals surface area (Å²) in [5, 5.41) is 0. The molecule has 0 atom stereocenters. The number of esters is 1. The molecule has 2 rings (SSSR count). The Bertz CT molecular complexity index is 538. The van der Waals surface area contributed by atoms with Crippen molar-refractivity contribution in [3.05, 3.63) is 23.3 Å². The normalized spacial score (nSPS) is 18.2. The smallest absolute Gasteiger partial charge is 0.340 e. The Kier molecular flexibility index (Phi) is 4.45. The maximum atomic E-state index is 11.9. The third kappa shape index (κ3) is 3.49. The minimum Gasteiger partial charge on any atom is -0.465 e. The second-order valence-corrected chi connectivity index (χ2v) is 6.72. The van der Waals surface area contributed by atoms with Gasteiger partial charge in [-0.25, -0.2) is 4.79 Å². The van der Waals surface area contributed by atoms with E-state index in [-0.39, 0.29) is 5.97 Å². The molecule has 21 heavy (non-hydrogen) atoms. The number of anilines is 2. The fourth-order valence-electron chi connectivity index (χ4n) is 2.92. The number of rotatable bonds is 2. The van der Waals surface area contributed by atoms with E-state index in [2.05, 4.69) is 24.8 Å². The largest absolute Gasteiger partial charge is 0.465 e. The molecule has 1 aliphatic rings. The lowest BCUT2D eigenvalue weighted by molar-refractivity contribution is 0.0602. The van der Waals surface area contributed by atoms with Crippen LogP contribution in [0.2, 0.25) is 0 Å². The number of aryl methyl sites for hydroxylation is 1. The Hall–Kier alpha value is -1.71. The van der Waals surface area contributed by atoms with E-state index < -0.39 is 0 Å². The van der Waals surface area contributed by atoms with Crippen LogP contribution in [0.4, 0.5) is 11.4 Å². The van der Waals surface area contributed by atoms with Crippen molar-refractivity contribution in [2.75, 3.05) is 30.8 Å². The van der Waals surface area contributed by atoms with Crippen molar-refractivity contribution in [3.8, 4) is 0 Å². The average molecular weight is 290 g/mol. The quantitative estimate of drug-likeness (QED) is 0.670. The van der Waals surface area contributed by atoms with Gasteiger partial charge in [0.15, 0.2) is 0 Å². The van der Waals surface area contributed by atoms with E-state index in [0.717, 1.165) is 30.8 Å². The van der Waals surface area contributed by atoms with Gasteiger partial charge in [0, 0.05) is 24.5 Å². The molecule has 1 fully saturated rings. The Balaban J connectivity index is 2.31. The molecule has 116 valence electrons. The van der Waals surface area contributed by atoms with Gasteiger partial charge in [-0.1, -0.05) is 13.8 Å². The van der Waals surface area contributed by atoms with Crippen molar-refractivity contribution >= 4 is 17.3 Å². The monoisotopic (exact) mass is 290 g/mol. The van der Waals surface area contributed by atoms with Crippen molar-refractivity contribution in [3.63, 3.8) is 0 Å². The lowest BCUT2D eigenvalue weighted by Gasteiger charge is -2.26. The number of nitrogens with zero attached hydrogens (tertiary/aromatic N) is 1. The van der Waals surface area contributed by atoms with Crippen molar-refractivity contribution < 1.29 is 9.53 Å². The molecule has 0 aromatic heterocycles. The van der Waals surface area contributed by atoms with E-state index in [0.29, 0.717) is 16.7 Å². The first-order valence-corrected chi connectivity index (χ1v) is 7.57. The van der Waals surface area contributed by atoms with Crippen LogP contribution in [0, 0.1) is 12.3 Å². The van der Waals surface area contributed by atoms with Crippen molar-refractivity contribution in [2.24, 2.45) is 5.41 Å². The number of hydrogen-bond donors (Lipinski definition) is 1. The maximum absolute atomic E-state index is 11.9. The average Bonchev–Trinajstić information content (AvgIpc) is 2.62. The van der Waals surface area contributed by atoms with Gasteiger partial charge in [0.2, 0.25) is 0 Å². The van der Waals surface area contributed by atoms with Crippen LogP contribution in [-0.2, 0) is 4.74 Å². The Morgan fingerprint density at radius 3 is 2.67 bits per heavy atom. The molecule has 1 aromatic rings. The van der Waals surface area contributed by atoms with Gasteiger partial charge in [-0.15, -0.1) is 0 Å². The van der Waals surface area contributed by atoms with Gasteiger partial charge in [0.25, 0.3) is 0 Å². The summed E-state index contributed by atoms with van der Waals surface area (Å²) in [6.07, 6.45) is 3.56. The molecular formula is C17H26N2O2. The molecule has 0 unspecified atom stereocenters. The highest BCUT2D eigenvalue weighted by atomic mass is 16.5. The summed E-state index contributed by atoms with van der Waals surface area (Å²) in [5.74, 6) is -0.368. The molecule has 1 heterocycles. The van der Waals surface area contributed by atoms with E-state index in [1.54, 1.807) is 0 Å². The number of hydrogen-bond acceptors (Lipinski definition) is 4. The molecular weight excluding hydrogens is 264 g/mol. The van der Waals surface area contributed by atoms with Gasteiger partial charge in [0.1, 0.15) is 0 Å². The van der Waals surface area contributed by atoms with Crippen LogP contribution in [0.1, 0.15) is 49.0 Å². The minimum atomic E-state index is -0.368. The molecule has 4 nitrogen and oxygen atoms in total. The highest BCUT2D eigenvalue weighted by Gasteiger charge is 2.24. The molecule has 0 spiro atoms. The molecule has 1 saturated heterocycles. The summed E-state index contributed by atoms with van der Waals surface area (Å²) in [7, 11) is 1.39. The number of benzene rings is 1. The zero-order valence-corrected chi connectivity index (χ0v) is 13.5. The molecule has 2 N–H and O–H groups in total. The van der Waals surface area contributed by atoms with Gasteiger partial charge in [-0.2, -0.15) is 0 Å². The minimum absolute atomic E-state index is 0.368. The van der Waals surface area contributed by atoms with Crippen LogP contribution in [0.3, 0.4) is 0 Å². The van der Waals surface area contributed by atoms with Crippen molar-refractivity contribution in [1.82, 2.24) is 0 Å². The molecule has 0 bridgehead atoms. The third-order valence-electron chi connectivity index (χ3n) is 4.48. The molecule has 4 heteroatoms. The summed E-state index contributed by atoms with van der Waals surface area (Å²) in [5.41, 5.74) is 9.38. The predicted octanol–water partition coefficient (Wildman–Crippen LogP) is 3.38. The van der Waals surface area contributed by atoms with Crippen LogP contribution < -0.4 is 10.6 Å². The van der Waals surface area contributed by atoms with E-state index in [1.165, 1.54) is 20.0 Å². The highest BCUT2D eigenvalue weighted by Crippen LogP contribution is 2.33. The molecule has 1 aromatic carbocycles. The van der Waals surface area contributed by atoms with Gasteiger partial charge < -0.3 is 15.4 Å². The first-order chi connectivity index (χ1) is 9.84. The van der Waals surface area contributed by atoms with Gasteiger partial charge in [-0.05, 0) is 49.3 Å². The zero-order valence-electron chi connectivity index (χ0n) is 13.5. The van der Waals surface area contributed by atoms with Crippen LogP contribution in [0.5, 0.6) is 0 Å². The number of carbonyl (C=O) groups excluding carboxylic acids is 1. The van der Waals surface area contributed by atoms with Crippen LogP contribution in [-0.4, -0.2) is 26.2 Å². The van der Waals surface area contributed by atoms with Crippen molar-refractivity contribution in [2.45, 2.75) is 40.0 Å². The number of nitrogens with two attached hydrogens (primary N) is 1. The fourth-order valence-corrected chi connectivity index (χ4v) is 2.92. The lowest BCUT2D eigenvalue weighted by Crippen LogP contribution is -2.25. The van der Waals surface area contributed by atoms with E-state index in [4.69, 9.17) is 10.5 Å². The summed E-state index contributed by atoms with van der Waals surface area (Å²) in [4.78, 5) is 14.2. The molecule has 1 aliphatic heterocycles. The van der Waals surface area contributed by atoms with E-state index in [9.17, 15) is 4.79 Å². The first-order valence-electron chi connectivity index (χ1n) is 7.57. The maximum Gasteiger partial charge on any atom is 0.340 e. The standard InChI is InChI=1S/C17H26N2O2/c1-12-10-13(11-14(15(12)18)16(20)21-4)19-8-5-6-17(2,3)7-9-19/h10-11H,5-9,18H2,1-4H3. The molecule has 0 saturated carbocycles. The molecule has 0 radical (unpaired) electrons. The number of carbonyl (C=O) groups is 1. The second kappa shape index (κ2) is 5.96. The molecule has 0 amide bonds. The topological polar surface area (TPSA) is 55.6 Å². The number of ether oxygens (including phenoxy) is 1. The Morgan fingerprint density at radius 1 is 1.29 bits per heavy atom. The first kappa shape index (κ1) is 15.7. The van der Waals surface area contributed by atoms with Gasteiger partial charge in [0.05, 0.1) is 12.7 Å². The fraction of sp³-hybridized carbons (Fsp3) is 0.588. The molecule has 0 aliphatic carbocycles. The van der Waals surface area contributed by atoms with Gasteiger partial charge in [-0.3, -0.25) is 0 Å². The summed E-state index contributed by atoms with van der Waals surface area (Å²) < 4.78 is 4.83. The van der Waals surface area contributed by atoms with Crippen molar-refractivity contribution in [1.29, 1.82) is 0 Å². The Morgan fingerprint density at radius 2 is 2.00 bits per heavy atom. The van der Waals surface area contributed by atoms with Gasteiger partial charge >= 0.3 is 5.97 Å². The summed E-state index contributed by atoms with van der Waals surface area (Å²) >= 11 is 0. The second-order valence-electron chi connectivity index (χ2n) is 6.72. The predicted molar refractivity (Wildman–Crippen MR) is 86.8 cm³/mol. The number of nitrogen functional groups attached to an aromatic ring is 1. The third-order valence-corrected chi connectivity index (χ3v) is 4.48. The van der Waals surface area contributed by atoms with Crippen LogP contribution in [0.25, 0.3) is 0 Å². The SMILES string of the molecule is COC(=O)c1cc(N2CCCC(C)(C)CC2)cc(C)c1N. The zero-order chi connectivity index (χ0) is 15.6. The lowest BCUT2D eigenvalue weighted by atomic mass is 9.85. The number of methoxy groups -OCH3 is 1. The van der Waals surface area contributed by atoms with Crippen LogP contribution in [0.15, 0.2) is 12.1 Å². The summed E-state index contributed by atoms with van der Waals surface area (Å²) in [6, 6.07) is 3.94. The highest BCUT2D eigenvalue weighted by molar-refractivity contribution is 5.97.